The second-order valence-electron chi connectivity index (χ2n) is 12.7. The van der Waals surface area contributed by atoms with Crippen LogP contribution in [0.2, 0.25) is 0 Å². The average molecular weight is 585 g/mol. The van der Waals surface area contributed by atoms with Crippen LogP contribution in [0.15, 0.2) is 36.4 Å². The quantitative estimate of drug-likeness (QED) is 0.399. The number of aryl methyl sites for hydroxylation is 1. The number of rotatable bonds is 9. The van der Waals surface area contributed by atoms with E-state index in [1.807, 2.05) is 0 Å². The number of carbonyl (C=O) groups excluding carboxylic acids is 1. The topological polar surface area (TPSA) is 97.1 Å². The molecule has 2 N–H and O–H groups in total. The number of hydrogen-bond acceptors (Lipinski definition) is 8. The zero-order valence-corrected chi connectivity index (χ0v) is 25.4. The van der Waals surface area contributed by atoms with E-state index in [0.29, 0.717) is 12.6 Å². The Morgan fingerprint density at radius 2 is 1.77 bits per heavy atom. The molecule has 43 heavy (non-hydrogen) atoms. The van der Waals surface area contributed by atoms with E-state index in [4.69, 9.17) is 25.2 Å². The predicted molar refractivity (Wildman–Crippen MR) is 169 cm³/mol. The fourth-order valence-corrected chi connectivity index (χ4v) is 7.97. The van der Waals surface area contributed by atoms with E-state index in [1.165, 1.54) is 66.4 Å². The Bertz CT molecular complexity index is 1470. The zero-order valence-electron chi connectivity index (χ0n) is 25.4. The van der Waals surface area contributed by atoms with Gasteiger partial charge in [-0.2, -0.15) is 9.97 Å². The number of nitrogens with two attached hydrogens (primary N) is 1. The molecule has 9 nitrogen and oxygen atoms in total. The molecule has 4 aliphatic heterocycles. The number of piperidine rings is 1. The molecule has 4 aliphatic rings. The van der Waals surface area contributed by atoms with E-state index in [1.54, 1.807) is 0 Å². The summed E-state index contributed by atoms with van der Waals surface area (Å²) in [6.07, 6.45) is 8.47. The number of aromatic nitrogens is 2. The van der Waals surface area contributed by atoms with E-state index in [0.717, 1.165) is 63.4 Å². The number of nitrogens with zero attached hydrogens (tertiary/aromatic N) is 5. The molecule has 228 valence electrons. The van der Waals surface area contributed by atoms with Crippen LogP contribution in [0, 0.1) is 0 Å². The van der Waals surface area contributed by atoms with Crippen LogP contribution in [0.1, 0.15) is 62.3 Å². The summed E-state index contributed by atoms with van der Waals surface area (Å²) in [5.41, 5.74) is 10.4. The van der Waals surface area contributed by atoms with Crippen molar-refractivity contribution in [2.45, 2.75) is 76.5 Å². The summed E-state index contributed by atoms with van der Waals surface area (Å²) < 4.78 is 12.3. The van der Waals surface area contributed by atoms with Gasteiger partial charge in [0.25, 0.3) is 0 Å². The summed E-state index contributed by atoms with van der Waals surface area (Å²) in [5, 5.41) is 2.63. The molecule has 0 saturated carbocycles. The van der Waals surface area contributed by atoms with Crippen LogP contribution in [0.4, 0.5) is 11.5 Å². The Morgan fingerprint density at radius 3 is 2.51 bits per heavy atom. The molecular formula is C34H44N6O3. The molecule has 3 fully saturated rings. The maximum Gasteiger partial charge on any atom is 0.318 e. The molecule has 1 amide bonds. The molecular weight excluding hydrogens is 540 g/mol. The zero-order chi connectivity index (χ0) is 29.4. The van der Waals surface area contributed by atoms with Gasteiger partial charge in [-0.1, -0.05) is 37.3 Å². The number of hydrogen-bond donors (Lipinski definition) is 1. The van der Waals surface area contributed by atoms with Crippen LogP contribution < -0.4 is 20.3 Å². The molecule has 0 bridgehead atoms. The molecule has 2 aromatic carbocycles. The van der Waals surface area contributed by atoms with Gasteiger partial charge in [-0.25, -0.2) is 0 Å². The number of fused-ring (bicyclic) bond motifs is 3. The molecule has 7 rings (SSSR count). The lowest BCUT2D eigenvalue weighted by atomic mass is 9.95. The molecule has 0 aliphatic carbocycles. The fourth-order valence-electron chi connectivity index (χ4n) is 7.97. The number of ether oxygens (including phenoxy) is 2. The smallest absolute Gasteiger partial charge is 0.318 e. The minimum Gasteiger partial charge on any atom is -0.461 e. The number of carbonyl (C=O) groups is 1. The lowest BCUT2D eigenvalue weighted by Crippen LogP contribution is -2.44. The lowest BCUT2D eigenvalue weighted by molar-refractivity contribution is -0.124. The third-order valence-corrected chi connectivity index (χ3v) is 10.2. The van der Waals surface area contributed by atoms with Gasteiger partial charge in [0, 0.05) is 36.3 Å². The van der Waals surface area contributed by atoms with Crippen molar-refractivity contribution in [3.8, 4) is 6.01 Å². The molecule has 3 aromatic rings. The average Bonchev–Trinajstić information content (AvgIpc) is 3.62. The number of anilines is 2. The minimum atomic E-state index is -0.418. The van der Waals surface area contributed by atoms with Gasteiger partial charge in [0.15, 0.2) is 0 Å². The van der Waals surface area contributed by atoms with Crippen LogP contribution in [-0.4, -0.2) is 78.4 Å². The Labute approximate surface area is 254 Å². The first kappa shape index (κ1) is 28.3. The van der Waals surface area contributed by atoms with Crippen molar-refractivity contribution in [3.63, 3.8) is 0 Å². The van der Waals surface area contributed by atoms with E-state index in [2.05, 4.69) is 58.0 Å². The van der Waals surface area contributed by atoms with Crippen molar-refractivity contribution in [1.29, 1.82) is 0 Å². The first-order chi connectivity index (χ1) is 21.0. The van der Waals surface area contributed by atoms with Gasteiger partial charge in [0.1, 0.15) is 19.0 Å². The van der Waals surface area contributed by atoms with Crippen LogP contribution >= 0.6 is 0 Å². The molecule has 5 heterocycles. The second-order valence-corrected chi connectivity index (χ2v) is 12.7. The van der Waals surface area contributed by atoms with Crippen molar-refractivity contribution in [2.75, 3.05) is 55.7 Å². The highest BCUT2D eigenvalue weighted by Crippen LogP contribution is 2.40. The van der Waals surface area contributed by atoms with Gasteiger partial charge in [-0.15, -0.1) is 0 Å². The highest BCUT2D eigenvalue weighted by Gasteiger charge is 2.45. The van der Waals surface area contributed by atoms with Crippen LogP contribution in [0.5, 0.6) is 6.01 Å². The largest absolute Gasteiger partial charge is 0.461 e. The van der Waals surface area contributed by atoms with Gasteiger partial charge >= 0.3 is 6.01 Å². The van der Waals surface area contributed by atoms with Gasteiger partial charge in [0.2, 0.25) is 5.91 Å². The third-order valence-electron chi connectivity index (χ3n) is 10.2. The van der Waals surface area contributed by atoms with E-state index < -0.39 is 5.91 Å². The monoisotopic (exact) mass is 584 g/mol. The predicted octanol–water partition coefficient (Wildman–Crippen LogP) is 4.23. The van der Waals surface area contributed by atoms with Gasteiger partial charge in [-0.05, 0) is 81.5 Å². The molecule has 1 aromatic heterocycles. The molecule has 9 heteroatoms. The molecule has 0 atom stereocenters. The Kier molecular flexibility index (Phi) is 7.86. The van der Waals surface area contributed by atoms with Gasteiger partial charge < -0.3 is 25.0 Å². The lowest BCUT2D eigenvalue weighted by Gasteiger charge is -2.37. The Hall–Kier alpha value is -3.43. The molecule has 0 unspecified atom stereocenters. The first-order valence-electron chi connectivity index (χ1n) is 16.2. The Morgan fingerprint density at radius 1 is 1.00 bits per heavy atom. The second kappa shape index (κ2) is 11.9. The van der Waals surface area contributed by atoms with Crippen molar-refractivity contribution in [2.24, 2.45) is 5.73 Å². The van der Waals surface area contributed by atoms with E-state index in [9.17, 15) is 4.79 Å². The first-order valence-corrected chi connectivity index (χ1v) is 16.2. The SMILES string of the molecule is CCc1cccc2cccc(N3CCc4c(nc(OCC56CCCN5CCC6)nc4N4CCC(OCC(N)=O)CC4)C3)c12. The molecule has 0 spiro atoms. The van der Waals surface area contributed by atoms with Crippen LogP contribution in [-0.2, 0) is 28.9 Å². The summed E-state index contributed by atoms with van der Waals surface area (Å²) in [4.78, 5) is 28.9. The molecule has 3 saturated heterocycles. The van der Waals surface area contributed by atoms with E-state index >= 15 is 0 Å². The summed E-state index contributed by atoms with van der Waals surface area (Å²) >= 11 is 0. The van der Waals surface area contributed by atoms with Crippen LogP contribution in [0.25, 0.3) is 10.8 Å². The van der Waals surface area contributed by atoms with Crippen molar-refractivity contribution < 1.29 is 14.3 Å². The number of primary amides is 1. The summed E-state index contributed by atoms with van der Waals surface area (Å²) in [6.45, 7) is 8.49. The van der Waals surface area contributed by atoms with Gasteiger partial charge in [0.05, 0.1) is 23.9 Å². The van der Waals surface area contributed by atoms with Gasteiger partial charge in [-0.3, -0.25) is 9.69 Å². The third kappa shape index (κ3) is 5.53. The summed E-state index contributed by atoms with van der Waals surface area (Å²) in [7, 11) is 0. The summed E-state index contributed by atoms with van der Waals surface area (Å²) in [6, 6.07) is 13.8. The van der Waals surface area contributed by atoms with Crippen LogP contribution in [0.3, 0.4) is 0 Å². The fraction of sp³-hybridized carbons (Fsp3) is 0.559. The molecule has 0 radical (unpaired) electrons. The normalized spacial score (nSPS) is 20.4. The Balaban J connectivity index is 1.18. The van der Waals surface area contributed by atoms with Crippen molar-refractivity contribution >= 4 is 28.2 Å². The highest BCUT2D eigenvalue weighted by atomic mass is 16.5. The number of benzene rings is 2. The maximum atomic E-state index is 11.2. The number of amides is 1. The standard InChI is InChI=1S/C34H44N6O3/c1-2-24-7-3-8-25-9-4-10-29(31(24)25)39-20-13-27-28(21-39)36-33(43-23-34-14-5-16-40(34)17-6-15-34)37-32(27)38-18-11-26(12-19-38)42-22-30(35)41/h3-4,7-10,26H,2,5-6,11-23H2,1H3,(H2,35,41). The van der Waals surface area contributed by atoms with E-state index in [-0.39, 0.29) is 18.2 Å². The minimum absolute atomic E-state index is 0.0198. The maximum absolute atomic E-state index is 11.2. The highest BCUT2D eigenvalue weighted by molar-refractivity contribution is 5.97. The van der Waals surface area contributed by atoms with Crippen molar-refractivity contribution in [3.05, 3.63) is 53.2 Å². The summed E-state index contributed by atoms with van der Waals surface area (Å²) in [5.74, 6) is 0.589. The van der Waals surface area contributed by atoms with Crippen molar-refractivity contribution in [1.82, 2.24) is 14.9 Å².